The van der Waals surface area contributed by atoms with E-state index in [9.17, 15) is 9.59 Å². The lowest BCUT2D eigenvalue weighted by Gasteiger charge is -2.11. The maximum Gasteiger partial charge on any atom is 0.341 e. The van der Waals surface area contributed by atoms with E-state index >= 15 is 0 Å². The van der Waals surface area contributed by atoms with Crippen LogP contribution in [0.15, 0.2) is 54.6 Å². The Bertz CT molecular complexity index is 732. The highest BCUT2D eigenvalue weighted by Crippen LogP contribution is 2.28. The van der Waals surface area contributed by atoms with E-state index in [4.69, 9.17) is 24.4 Å². The minimum absolute atomic E-state index is 0.206. The number of carbonyl (C=O) groups is 2. The zero-order chi connectivity index (χ0) is 18.8. The molecule has 0 amide bonds. The molecule has 0 unspecified atom stereocenters. The van der Waals surface area contributed by atoms with E-state index in [-0.39, 0.29) is 18.1 Å². The lowest BCUT2D eigenvalue weighted by molar-refractivity contribution is -0.140. The summed E-state index contributed by atoms with van der Waals surface area (Å²) in [5.74, 6) is -1.48. The Hall–Kier alpha value is -3.48. The van der Waals surface area contributed by atoms with Gasteiger partial charge in [0.25, 0.3) is 0 Å². The molecule has 0 bridgehead atoms. The van der Waals surface area contributed by atoms with Gasteiger partial charge in [0.2, 0.25) is 0 Å². The summed E-state index contributed by atoms with van der Waals surface area (Å²) in [6.45, 7) is -0.804. The third-order valence-electron chi connectivity index (χ3n) is 3.03. The summed E-state index contributed by atoms with van der Waals surface area (Å²) >= 11 is 0. The van der Waals surface area contributed by atoms with Crippen molar-refractivity contribution >= 4 is 18.0 Å². The van der Waals surface area contributed by atoms with Crippen molar-refractivity contribution in [3.05, 3.63) is 60.2 Å². The highest BCUT2D eigenvalue weighted by atomic mass is 16.5. The fraction of sp³-hybridized carbons (Fsp3) is 0.158. The van der Waals surface area contributed by atoms with E-state index in [1.54, 1.807) is 0 Å². The number of hydrogen-bond acceptors (Lipinski definition) is 5. The van der Waals surface area contributed by atoms with E-state index in [0.717, 1.165) is 5.56 Å². The first-order valence-electron chi connectivity index (χ1n) is 7.71. The molecule has 0 aliphatic carbocycles. The Balaban J connectivity index is 2.02. The molecule has 0 radical (unpaired) electrons. The Kier molecular flexibility index (Phi) is 7.05. The molecular formula is C19H18O7. The van der Waals surface area contributed by atoms with E-state index < -0.39 is 25.2 Å². The molecule has 0 aromatic heterocycles. The van der Waals surface area contributed by atoms with Crippen molar-refractivity contribution < 1.29 is 34.0 Å². The summed E-state index contributed by atoms with van der Waals surface area (Å²) in [4.78, 5) is 21.3. The molecule has 7 heteroatoms. The molecule has 0 heterocycles. The first-order chi connectivity index (χ1) is 12.5. The van der Waals surface area contributed by atoms with Gasteiger partial charge in [-0.15, -0.1) is 0 Å². The summed E-state index contributed by atoms with van der Waals surface area (Å²) in [6, 6.07) is 14.1. The number of carboxylic acids is 2. The van der Waals surface area contributed by atoms with Gasteiger partial charge in [-0.2, -0.15) is 0 Å². The van der Waals surface area contributed by atoms with Crippen LogP contribution in [0.2, 0.25) is 0 Å². The van der Waals surface area contributed by atoms with Crippen LogP contribution in [0.5, 0.6) is 17.2 Å². The third-order valence-corrected chi connectivity index (χ3v) is 3.03. The van der Waals surface area contributed by atoms with E-state index in [1.165, 1.54) is 18.2 Å². The monoisotopic (exact) mass is 358 g/mol. The molecule has 2 N–H and O–H groups in total. The maximum absolute atomic E-state index is 10.6. The van der Waals surface area contributed by atoms with Crippen molar-refractivity contribution in [2.45, 2.75) is 0 Å². The average molecular weight is 358 g/mol. The smallest absolute Gasteiger partial charge is 0.341 e. The van der Waals surface area contributed by atoms with Crippen LogP contribution in [-0.4, -0.2) is 42.0 Å². The van der Waals surface area contributed by atoms with Gasteiger partial charge in [-0.1, -0.05) is 36.4 Å². The van der Waals surface area contributed by atoms with Crippen molar-refractivity contribution in [1.29, 1.82) is 0 Å². The highest BCUT2D eigenvalue weighted by molar-refractivity contribution is 5.69. The summed E-state index contributed by atoms with van der Waals surface area (Å²) in [7, 11) is 0. The van der Waals surface area contributed by atoms with Crippen LogP contribution in [0.3, 0.4) is 0 Å². The first kappa shape index (κ1) is 18.9. The number of carboxylic acid groups (broad SMARTS) is 2. The SMILES string of the molecule is O=C(O)COc1cc(OCC=Cc2ccccc2)cc(OCC(=O)O)c1. The Morgan fingerprint density at radius 1 is 0.808 bits per heavy atom. The van der Waals surface area contributed by atoms with Gasteiger partial charge in [0, 0.05) is 18.2 Å². The highest BCUT2D eigenvalue weighted by Gasteiger charge is 2.07. The third kappa shape index (κ3) is 6.96. The summed E-state index contributed by atoms with van der Waals surface area (Å²) < 4.78 is 15.8. The second-order valence-electron chi connectivity index (χ2n) is 5.13. The zero-order valence-corrected chi connectivity index (χ0v) is 13.8. The number of ether oxygens (including phenoxy) is 3. The Morgan fingerprint density at radius 2 is 1.31 bits per heavy atom. The van der Waals surface area contributed by atoms with E-state index in [2.05, 4.69) is 0 Å². The standard InChI is InChI=1S/C19H18O7/c20-18(21)12-25-16-9-15(10-17(11-16)26-13-19(22)23)24-8-4-7-14-5-2-1-3-6-14/h1-7,9-11H,8,12-13H2,(H,20,21)(H,22,23). The molecule has 2 aromatic carbocycles. The van der Waals surface area contributed by atoms with Crippen molar-refractivity contribution in [2.75, 3.05) is 19.8 Å². The van der Waals surface area contributed by atoms with Gasteiger partial charge in [0.15, 0.2) is 13.2 Å². The summed E-state index contributed by atoms with van der Waals surface area (Å²) in [5, 5.41) is 17.4. The number of rotatable bonds is 10. The van der Waals surface area contributed by atoms with Crippen molar-refractivity contribution in [2.24, 2.45) is 0 Å². The van der Waals surface area contributed by atoms with E-state index in [0.29, 0.717) is 5.75 Å². The second-order valence-corrected chi connectivity index (χ2v) is 5.13. The topological polar surface area (TPSA) is 102 Å². The van der Waals surface area contributed by atoms with Gasteiger partial charge in [-0.25, -0.2) is 9.59 Å². The van der Waals surface area contributed by atoms with Gasteiger partial charge in [-0.3, -0.25) is 0 Å². The molecule has 2 rings (SSSR count). The molecule has 0 saturated heterocycles. The molecule has 0 aliphatic heterocycles. The van der Waals surface area contributed by atoms with E-state index in [1.807, 2.05) is 42.5 Å². The quantitative estimate of drug-likeness (QED) is 0.673. The molecule has 0 spiro atoms. The molecule has 0 aliphatic rings. The summed E-state index contributed by atoms with van der Waals surface area (Å²) in [5.41, 5.74) is 1.03. The predicted octanol–water partition coefficient (Wildman–Crippen LogP) is 2.71. The van der Waals surface area contributed by atoms with Gasteiger partial charge in [0.05, 0.1) is 0 Å². The van der Waals surface area contributed by atoms with Crippen LogP contribution in [0.1, 0.15) is 5.56 Å². The predicted molar refractivity (Wildman–Crippen MR) is 93.7 cm³/mol. The van der Waals surface area contributed by atoms with Gasteiger partial charge >= 0.3 is 11.9 Å². The average Bonchev–Trinajstić information content (AvgIpc) is 2.63. The fourth-order valence-electron chi connectivity index (χ4n) is 1.98. The van der Waals surface area contributed by atoms with Gasteiger partial charge in [0.1, 0.15) is 23.9 Å². The van der Waals surface area contributed by atoms with Crippen LogP contribution in [-0.2, 0) is 9.59 Å². The van der Waals surface area contributed by atoms with Crippen LogP contribution in [0.4, 0.5) is 0 Å². The second kappa shape index (κ2) is 9.73. The number of aliphatic carboxylic acids is 2. The Labute approximate surface area is 150 Å². The lowest BCUT2D eigenvalue weighted by Crippen LogP contribution is -2.11. The fourth-order valence-corrected chi connectivity index (χ4v) is 1.98. The van der Waals surface area contributed by atoms with Crippen molar-refractivity contribution in [3.8, 4) is 17.2 Å². The molecule has 0 atom stereocenters. The normalized spacial score (nSPS) is 10.5. The van der Waals surface area contributed by atoms with Crippen LogP contribution in [0.25, 0.3) is 6.08 Å². The molecule has 0 fully saturated rings. The van der Waals surface area contributed by atoms with Crippen molar-refractivity contribution in [1.82, 2.24) is 0 Å². The van der Waals surface area contributed by atoms with Crippen LogP contribution < -0.4 is 14.2 Å². The number of hydrogen-bond donors (Lipinski definition) is 2. The van der Waals surface area contributed by atoms with Gasteiger partial charge in [-0.05, 0) is 11.6 Å². The number of benzene rings is 2. The minimum atomic E-state index is -1.13. The minimum Gasteiger partial charge on any atom is -0.489 e. The molecular weight excluding hydrogens is 340 g/mol. The van der Waals surface area contributed by atoms with Crippen LogP contribution >= 0.6 is 0 Å². The zero-order valence-electron chi connectivity index (χ0n) is 13.8. The Morgan fingerprint density at radius 3 is 1.81 bits per heavy atom. The maximum atomic E-state index is 10.6. The molecule has 136 valence electrons. The molecule has 7 nitrogen and oxygen atoms in total. The van der Waals surface area contributed by atoms with Crippen LogP contribution in [0, 0.1) is 0 Å². The molecule has 2 aromatic rings. The van der Waals surface area contributed by atoms with Gasteiger partial charge < -0.3 is 24.4 Å². The lowest BCUT2D eigenvalue weighted by atomic mass is 10.2. The largest absolute Gasteiger partial charge is 0.489 e. The molecule has 26 heavy (non-hydrogen) atoms. The summed E-state index contributed by atoms with van der Waals surface area (Å²) in [6.07, 6.45) is 3.71. The first-order valence-corrected chi connectivity index (χ1v) is 7.71. The molecule has 0 saturated carbocycles. The van der Waals surface area contributed by atoms with Crippen molar-refractivity contribution in [3.63, 3.8) is 0 Å².